The van der Waals surface area contributed by atoms with E-state index in [0.717, 1.165) is 6.54 Å². The van der Waals surface area contributed by atoms with Crippen molar-refractivity contribution in [1.82, 2.24) is 4.90 Å². The van der Waals surface area contributed by atoms with Gasteiger partial charge in [-0.05, 0) is 18.9 Å². The molecule has 66 valence electrons. The number of hydrogen-bond donors (Lipinski definition) is 0. The molecule has 4 atom stereocenters. The first kappa shape index (κ1) is 9.63. The highest BCUT2D eigenvalue weighted by atomic mass is 35.5. The summed E-state index contributed by atoms with van der Waals surface area (Å²) in [5.74, 6) is 1.17. The molecule has 0 radical (unpaired) electrons. The molecule has 1 aliphatic heterocycles. The van der Waals surface area contributed by atoms with Crippen molar-refractivity contribution in [3.05, 3.63) is 0 Å². The Morgan fingerprint density at radius 1 is 1.27 bits per heavy atom. The van der Waals surface area contributed by atoms with Crippen LogP contribution in [0.3, 0.4) is 0 Å². The van der Waals surface area contributed by atoms with Crippen LogP contribution in [0.25, 0.3) is 0 Å². The van der Waals surface area contributed by atoms with Gasteiger partial charge in [-0.2, -0.15) is 0 Å². The molecule has 0 aromatic rings. The summed E-state index contributed by atoms with van der Waals surface area (Å²) in [4.78, 5) is 2.11. The van der Waals surface area contributed by atoms with Crippen LogP contribution in [0, 0.1) is 11.8 Å². The van der Waals surface area contributed by atoms with Gasteiger partial charge >= 0.3 is 0 Å². The second-order valence-electron chi connectivity index (χ2n) is 3.59. The molecular weight excluding hydrogens is 181 g/mol. The van der Waals surface area contributed by atoms with E-state index in [1.807, 2.05) is 7.05 Å². The van der Waals surface area contributed by atoms with Gasteiger partial charge in [0.05, 0.1) is 5.38 Å². The normalized spacial score (nSPS) is 47.7. The maximum absolute atomic E-state index is 6.13. The van der Waals surface area contributed by atoms with E-state index in [-0.39, 0.29) is 10.9 Å². The molecule has 1 nitrogen and oxygen atoms in total. The Bertz CT molecular complexity index is 126. The highest BCUT2D eigenvalue weighted by Gasteiger charge is 2.35. The van der Waals surface area contributed by atoms with Gasteiger partial charge in [0.2, 0.25) is 0 Å². The fourth-order valence-corrected chi connectivity index (χ4v) is 2.28. The number of hydrogen-bond acceptors (Lipinski definition) is 1. The van der Waals surface area contributed by atoms with Crippen molar-refractivity contribution in [3.63, 3.8) is 0 Å². The molecule has 3 heteroatoms. The molecular formula is C8H15Cl2N. The van der Waals surface area contributed by atoms with Gasteiger partial charge in [0.15, 0.2) is 0 Å². The van der Waals surface area contributed by atoms with Crippen LogP contribution >= 0.6 is 23.2 Å². The minimum absolute atomic E-state index is 0.00265. The lowest BCUT2D eigenvalue weighted by atomic mass is 9.88. The Morgan fingerprint density at radius 2 is 1.82 bits per heavy atom. The molecule has 0 N–H and O–H groups in total. The second-order valence-corrected chi connectivity index (χ2v) is 4.54. The van der Waals surface area contributed by atoms with E-state index in [0.29, 0.717) is 11.8 Å². The summed E-state index contributed by atoms with van der Waals surface area (Å²) >= 11 is 12.2. The zero-order chi connectivity index (χ0) is 8.59. The predicted molar refractivity (Wildman–Crippen MR) is 50.2 cm³/mol. The molecule has 0 aromatic heterocycles. The zero-order valence-corrected chi connectivity index (χ0v) is 8.73. The Hall–Kier alpha value is 0.540. The molecule has 0 saturated carbocycles. The van der Waals surface area contributed by atoms with Crippen molar-refractivity contribution in [1.29, 1.82) is 0 Å². The van der Waals surface area contributed by atoms with Crippen LogP contribution in [0.5, 0.6) is 0 Å². The van der Waals surface area contributed by atoms with E-state index >= 15 is 0 Å². The minimum Gasteiger partial charge on any atom is -0.289 e. The molecule has 0 amide bonds. The van der Waals surface area contributed by atoms with Gasteiger partial charge in [-0.15, -0.1) is 23.2 Å². The number of likely N-dealkylation sites (tertiary alicyclic amines) is 1. The average molecular weight is 196 g/mol. The predicted octanol–water partition coefficient (Wildman–Crippen LogP) is 2.38. The lowest BCUT2D eigenvalue weighted by Crippen LogP contribution is -2.48. The summed E-state index contributed by atoms with van der Waals surface area (Å²) < 4.78 is 0. The van der Waals surface area contributed by atoms with Crippen molar-refractivity contribution in [2.24, 2.45) is 11.8 Å². The molecule has 0 aromatic carbocycles. The van der Waals surface area contributed by atoms with Crippen LogP contribution in [-0.4, -0.2) is 29.4 Å². The van der Waals surface area contributed by atoms with Crippen molar-refractivity contribution in [2.45, 2.75) is 24.7 Å². The van der Waals surface area contributed by atoms with Crippen molar-refractivity contribution < 1.29 is 0 Å². The van der Waals surface area contributed by atoms with Crippen LogP contribution in [-0.2, 0) is 0 Å². The molecule has 1 saturated heterocycles. The first-order chi connectivity index (χ1) is 5.04. The molecule has 0 spiro atoms. The largest absolute Gasteiger partial charge is 0.289 e. The third-order valence-electron chi connectivity index (χ3n) is 2.66. The van der Waals surface area contributed by atoms with Crippen LogP contribution in [0.4, 0.5) is 0 Å². The smallest absolute Gasteiger partial charge is 0.102 e. The number of nitrogens with zero attached hydrogens (tertiary/aromatic N) is 1. The van der Waals surface area contributed by atoms with E-state index in [9.17, 15) is 0 Å². The SMILES string of the molecule is CC1C(Cl)C(Cl)N(C)C[C@H]1C. The minimum atomic E-state index is 0.00265. The summed E-state index contributed by atoms with van der Waals surface area (Å²) in [5.41, 5.74) is 0.00265. The Labute approximate surface area is 78.7 Å². The highest BCUT2D eigenvalue weighted by molar-refractivity contribution is 6.30. The average Bonchev–Trinajstić information content (AvgIpc) is 1.97. The number of halogens is 2. The summed E-state index contributed by atoms with van der Waals surface area (Å²) in [6.45, 7) is 5.45. The molecule has 1 aliphatic rings. The lowest BCUT2D eigenvalue weighted by molar-refractivity contribution is 0.149. The number of piperidine rings is 1. The molecule has 0 bridgehead atoms. The Balaban J connectivity index is 2.63. The molecule has 1 heterocycles. The highest BCUT2D eigenvalue weighted by Crippen LogP contribution is 2.32. The van der Waals surface area contributed by atoms with E-state index in [2.05, 4.69) is 18.7 Å². The van der Waals surface area contributed by atoms with Gasteiger partial charge < -0.3 is 0 Å². The van der Waals surface area contributed by atoms with Crippen LogP contribution in [0.2, 0.25) is 0 Å². The van der Waals surface area contributed by atoms with E-state index < -0.39 is 0 Å². The third-order valence-corrected chi connectivity index (χ3v) is 4.03. The zero-order valence-electron chi connectivity index (χ0n) is 7.22. The number of alkyl halides is 2. The lowest BCUT2D eigenvalue weighted by Gasteiger charge is -2.40. The third kappa shape index (κ3) is 1.82. The Morgan fingerprint density at radius 3 is 2.36 bits per heavy atom. The molecule has 0 aliphatic carbocycles. The van der Waals surface area contributed by atoms with Crippen LogP contribution < -0.4 is 0 Å². The van der Waals surface area contributed by atoms with Gasteiger partial charge in [-0.1, -0.05) is 13.8 Å². The van der Waals surface area contributed by atoms with Gasteiger partial charge in [-0.25, -0.2) is 0 Å². The van der Waals surface area contributed by atoms with Crippen molar-refractivity contribution >= 4 is 23.2 Å². The fourth-order valence-electron chi connectivity index (χ4n) is 1.53. The maximum Gasteiger partial charge on any atom is 0.102 e. The summed E-state index contributed by atoms with van der Waals surface area (Å²) in [6, 6.07) is 0. The van der Waals surface area contributed by atoms with E-state index in [1.54, 1.807) is 0 Å². The standard InChI is InChI=1S/C8H15Cl2N/c1-5-4-11(3)8(10)7(9)6(5)2/h5-8H,4H2,1-3H3/t5-,6?,7?,8?/m1/s1. The van der Waals surface area contributed by atoms with Gasteiger partial charge in [0, 0.05) is 6.54 Å². The summed E-state index contributed by atoms with van der Waals surface area (Å²) in [5, 5.41) is 0.0883. The topological polar surface area (TPSA) is 3.24 Å². The van der Waals surface area contributed by atoms with Crippen molar-refractivity contribution in [3.8, 4) is 0 Å². The Kier molecular flexibility index (Phi) is 3.07. The maximum atomic E-state index is 6.13. The van der Waals surface area contributed by atoms with Crippen molar-refractivity contribution in [2.75, 3.05) is 13.6 Å². The summed E-state index contributed by atoms with van der Waals surface area (Å²) in [7, 11) is 2.02. The van der Waals surface area contributed by atoms with Gasteiger partial charge in [-0.3, -0.25) is 4.90 Å². The molecule has 11 heavy (non-hydrogen) atoms. The second kappa shape index (κ2) is 3.51. The van der Waals surface area contributed by atoms with E-state index in [4.69, 9.17) is 23.2 Å². The molecule has 1 rings (SSSR count). The van der Waals surface area contributed by atoms with Crippen LogP contribution in [0.1, 0.15) is 13.8 Å². The quantitative estimate of drug-likeness (QED) is 0.424. The molecule has 1 fully saturated rings. The summed E-state index contributed by atoms with van der Waals surface area (Å²) in [6.07, 6.45) is 0. The fraction of sp³-hybridized carbons (Fsp3) is 1.00. The van der Waals surface area contributed by atoms with E-state index in [1.165, 1.54) is 0 Å². The van der Waals surface area contributed by atoms with Crippen LogP contribution in [0.15, 0.2) is 0 Å². The molecule has 3 unspecified atom stereocenters. The first-order valence-electron chi connectivity index (χ1n) is 4.02. The van der Waals surface area contributed by atoms with Gasteiger partial charge in [0.25, 0.3) is 0 Å². The monoisotopic (exact) mass is 195 g/mol. The first-order valence-corrected chi connectivity index (χ1v) is 4.89. The number of rotatable bonds is 0. The van der Waals surface area contributed by atoms with Gasteiger partial charge in [0.1, 0.15) is 5.50 Å².